The van der Waals surface area contributed by atoms with E-state index in [2.05, 4.69) is 103 Å². The summed E-state index contributed by atoms with van der Waals surface area (Å²) < 4.78 is 0. The molecule has 1 heteroatoms. The van der Waals surface area contributed by atoms with E-state index >= 15 is 0 Å². The molecule has 0 spiro atoms. The number of hydrogen-bond acceptors (Lipinski definition) is 1. The first-order valence-corrected chi connectivity index (χ1v) is 9.93. The SMILES string of the molecule is CC1=CC(c2ccccc2C(C)(C)Nc2c(C)cc(C)cc2C)C(C)=C1C. The third-order valence-corrected chi connectivity index (χ3v) is 6.15. The van der Waals surface area contributed by atoms with Crippen LogP contribution in [0.15, 0.2) is 59.2 Å². The van der Waals surface area contributed by atoms with E-state index in [9.17, 15) is 0 Å². The molecule has 2 aromatic rings. The molecular formula is C26H33N. The Kier molecular flexibility index (Phi) is 5.08. The second-order valence-electron chi connectivity index (χ2n) is 8.75. The molecule has 2 aromatic carbocycles. The lowest BCUT2D eigenvalue weighted by molar-refractivity contribution is 0.598. The average molecular weight is 360 g/mol. The summed E-state index contributed by atoms with van der Waals surface area (Å²) in [6, 6.07) is 13.4. The van der Waals surface area contributed by atoms with E-state index in [0.717, 1.165) is 0 Å². The molecule has 0 saturated carbocycles. The van der Waals surface area contributed by atoms with Crippen LogP contribution in [0.2, 0.25) is 0 Å². The highest BCUT2D eigenvalue weighted by molar-refractivity contribution is 5.61. The van der Waals surface area contributed by atoms with E-state index in [0.29, 0.717) is 5.92 Å². The Morgan fingerprint density at radius 1 is 0.852 bits per heavy atom. The van der Waals surface area contributed by atoms with Gasteiger partial charge >= 0.3 is 0 Å². The molecule has 0 aromatic heterocycles. The standard InChI is InChI=1S/C26H33N/c1-16-13-18(3)25(19(4)14-16)27-26(7,8)24-12-10-9-11-22(24)23-15-17(2)20(5)21(23)6/h9-15,23,27H,1-8H3. The molecule has 1 N–H and O–H groups in total. The third kappa shape index (κ3) is 3.60. The molecule has 142 valence electrons. The lowest BCUT2D eigenvalue weighted by atomic mass is 9.82. The van der Waals surface area contributed by atoms with Crippen LogP contribution in [0.25, 0.3) is 0 Å². The third-order valence-electron chi connectivity index (χ3n) is 6.15. The molecule has 0 bridgehead atoms. The van der Waals surface area contributed by atoms with Crippen LogP contribution in [0, 0.1) is 20.8 Å². The minimum absolute atomic E-state index is 0.167. The van der Waals surface area contributed by atoms with Gasteiger partial charge in [0.05, 0.1) is 5.54 Å². The summed E-state index contributed by atoms with van der Waals surface area (Å²) in [6.07, 6.45) is 2.42. The van der Waals surface area contributed by atoms with Crippen molar-refractivity contribution >= 4 is 5.69 Å². The molecule has 0 amide bonds. The van der Waals surface area contributed by atoms with Crippen molar-refractivity contribution in [2.75, 3.05) is 5.32 Å². The van der Waals surface area contributed by atoms with Crippen LogP contribution in [0.1, 0.15) is 68.4 Å². The van der Waals surface area contributed by atoms with Gasteiger partial charge in [-0.2, -0.15) is 0 Å². The predicted molar refractivity (Wildman–Crippen MR) is 119 cm³/mol. The number of allylic oxidation sites excluding steroid dienone is 4. The van der Waals surface area contributed by atoms with Crippen LogP contribution < -0.4 is 5.32 Å². The van der Waals surface area contributed by atoms with Gasteiger partial charge in [-0.25, -0.2) is 0 Å². The van der Waals surface area contributed by atoms with Crippen LogP contribution in [-0.4, -0.2) is 0 Å². The first-order chi connectivity index (χ1) is 12.6. The van der Waals surface area contributed by atoms with Crippen molar-refractivity contribution in [3.05, 3.63) is 87.0 Å². The van der Waals surface area contributed by atoms with Crippen molar-refractivity contribution < 1.29 is 0 Å². The van der Waals surface area contributed by atoms with Crippen molar-refractivity contribution in [2.45, 2.75) is 66.8 Å². The fourth-order valence-corrected chi connectivity index (χ4v) is 4.46. The molecule has 1 atom stereocenters. The number of anilines is 1. The summed E-state index contributed by atoms with van der Waals surface area (Å²) in [5.74, 6) is 0.377. The van der Waals surface area contributed by atoms with Crippen molar-refractivity contribution in [3.63, 3.8) is 0 Å². The van der Waals surface area contributed by atoms with Gasteiger partial charge in [0.25, 0.3) is 0 Å². The van der Waals surface area contributed by atoms with Gasteiger partial charge in [-0.15, -0.1) is 0 Å². The zero-order valence-corrected chi connectivity index (χ0v) is 18.1. The Bertz CT molecular complexity index is 917. The Hall–Kier alpha value is -2.28. The minimum Gasteiger partial charge on any atom is -0.376 e. The number of rotatable bonds is 4. The predicted octanol–water partition coefficient (Wildman–Crippen LogP) is 7.34. The number of benzene rings is 2. The normalized spacial score (nSPS) is 17.3. The van der Waals surface area contributed by atoms with Crippen LogP contribution in [-0.2, 0) is 5.54 Å². The van der Waals surface area contributed by atoms with Crippen LogP contribution in [0.3, 0.4) is 0 Å². The Morgan fingerprint density at radius 2 is 1.44 bits per heavy atom. The molecule has 27 heavy (non-hydrogen) atoms. The molecule has 0 saturated heterocycles. The van der Waals surface area contributed by atoms with Crippen LogP contribution in [0.4, 0.5) is 5.69 Å². The molecule has 1 aliphatic carbocycles. The molecule has 3 rings (SSSR count). The lowest BCUT2D eigenvalue weighted by Gasteiger charge is -2.33. The smallest absolute Gasteiger partial charge is 0.0572 e. The van der Waals surface area contributed by atoms with Crippen molar-refractivity contribution in [3.8, 4) is 0 Å². The topological polar surface area (TPSA) is 12.0 Å². The van der Waals surface area contributed by atoms with Crippen LogP contribution in [0.5, 0.6) is 0 Å². The second-order valence-corrected chi connectivity index (χ2v) is 8.75. The van der Waals surface area contributed by atoms with Gasteiger partial charge in [0, 0.05) is 11.6 Å². The van der Waals surface area contributed by atoms with Crippen LogP contribution >= 0.6 is 0 Å². The molecule has 0 aliphatic heterocycles. The Balaban J connectivity index is 2.05. The summed E-state index contributed by atoms with van der Waals surface area (Å²) in [5.41, 5.74) is 12.1. The van der Waals surface area contributed by atoms with Crippen molar-refractivity contribution in [2.24, 2.45) is 0 Å². The number of hydrogen-bond donors (Lipinski definition) is 1. The molecule has 1 unspecified atom stereocenters. The zero-order valence-electron chi connectivity index (χ0n) is 18.1. The maximum Gasteiger partial charge on any atom is 0.0572 e. The highest BCUT2D eigenvalue weighted by atomic mass is 15.0. The first-order valence-electron chi connectivity index (χ1n) is 9.93. The van der Waals surface area contributed by atoms with E-state index in [1.165, 1.54) is 50.2 Å². The molecule has 0 fully saturated rings. The van der Waals surface area contributed by atoms with Crippen molar-refractivity contribution in [1.82, 2.24) is 0 Å². The van der Waals surface area contributed by atoms with Gasteiger partial charge in [-0.3, -0.25) is 0 Å². The Morgan fingerprint density at radius 3 is 2.00 bits per heavy atom. The highest BCUT2D eigenvalue weighted by Gasteiger charge is 2.29. The lowest BCUT2D eigenvalue weighted by Crippen LogP contribution is -2.30. The minimum atomic E-state index is -0.167. The monoisotopic (exact) mass is 359 g/mol. The van der Waals surface area contributed by atoms with E-state index in [-0.39, 0.29) is 5.54 Å². The van der Waals surface area contributed by atoms with Gasteiger partial charge in [-0.1, -0.05) is 59.2 Å². The largest absolute Gasteiger partial charge is 0.376 e. The molecule has 0 heterocycles. The number of nitrogens with one attached hydrogen (secondary N) is 1. The van der Waals surface area contributed by atoms with Crippen molar-refractivity contribution in [1.29, 1.82) is 0 Å². The fourth-order valence-electron chi connectivity index (χ4n) is 4.46. The fraction of sp³-hybridized carbons (Fsp3) is 0.385. The molecule has 1 aliphatic rings. The highest BCUT2D eigenvalue weighted by Crippen LogP contribution is 2.42. The van der Waals surface area contributed by atoms with Gasteiger partial charge in [0.1, 0.15) is 0 Å². The Labute approximate surface area is 165 Å². The maximum atomic E-state index is 3.86. The summed E-state index contributed by atoms with van der Waals surface area (Å²) in [7, 11) is 0. The summed E-state index contributed by atoms with van der Waals surface area (Å²) in [4.78, 5) is 0. The van der Waals surface area contributed by atoms with E-state index in [1.807, 2.05) is 0 Å². The van der Waals surface area contributed by atoms with Gasteiger partial charge < -0.3 is 5.32 Å². The second kappa shape index (κ2) is 7.03. The summed E-state index contributed by atoms with van der Waals surface area (Å²) in [5, 5.41) is 3.86. The number of aryl methyl sites for hydroxylation is 3. The van der Waals surface area contributed by atoms with E-state index in [4.69, 9.17) is 0 Å². The zero-order chi connectivity index (χ0) is 19.9. The molecule has 1 nitrogen and oxygen atoms in total. The van der Waals surface area contributed by atoms with E-state index < -0.39 is 0 Å². The summed E-state index contributed by atoms with van der Waals surface area (Å²) in [6.45, 7) is 17.9. The van der Waals surface area contributed by atoms with Gasteiger partial charge in [-0.05, 0) is 83.2 Å². The maximum absolute atomic E-state index is 3.86. The summed E-state index contributed by atoms with van der Waals surface area (Å²) >= 11 is 0. The average Bonchev–Trinajstić information content (AvgIpc) is 2.85. The quantitative estimate of drug-likeness (QED) is 0.602. The molecular weight excluding hydrogens is 326 g/mol. The van der Waals surface area contributed by atoms with Gasteiger partial charge in [0.15, 0.2) is 0 Å². The molecule has 0 radical (unpaired) electrons. The van der Waals surface area contributed by atoms with Gasteiger partial charge in [0.2, 0.25) is 0 Å². The first kappa shape index (κ1) is 19.5. The van der Waals surface area contributed by atoms with E-state index in [1.54, 1.807) is 0 Å².